The third-order valence-electron chi connectivity index (χ3n) is 6.54. The van der Waals surface area contributed by atoms with Crippen LogP contribution in [0.1, 0.15) is 37.8 Å². The van der Waals surface area contributed by atoms with E-state index >= 15 is 0 Å². The Kier molecular flexibility index (Phi) is 4.72. The molecule has 2 aliphatic heterocycles. The minimum absolute atomic E-state index is 0.125. The number of piperidine rings is 1. The van der Waals surface area contributed by atoms with E-state index in [-0.39, 0.29) is 10.8 Å². The molecule has 30 heavy (non-hydrogen) atoms. The van der Waals surface area contributed by atoms with Crippen molar-refractivity contribution in [3.8, 4) is 0 Å². The number of carbonyl (C=O) groups is 1. The largest absolute Gasteiger partial charge is 0.297 e. The van der Waals surface area contributed by atoms with Crippen LogP contribution >= 0.6 is 11.6 Å². The van der Waals surface area contributed by atoms with E-state index < -0.39 is 15.6 Å². The minimum Gasteiger partial charge on any atom is -0.297 e. The smallest absolute Gasteiger partial charge is 0.243 e. The number of carbonyl (C=O) groups excluding carboxylic acids is 1. The van der Waals surface area contributed by atoms with Gasteiger partial charge < -0.3 is 0 Å². The van der Waals surface area contributed by atoms with Crippen LogP contribution in [0.15, 0.2) is 35.2 Å². The molecule has 5 rings (SSSR count). The van der Waals surface area contributed by atoms with E-state index in [1.807, 2.05) is 22.6 Å². The van der Waals surface area contributed by atoms with Crippen molar-refractivity contribution >= 4 is 33.3 Å². The number of fused-ring (bicyclic) bond motifs is 2. The number of benzene rings is 1. The van der Waals surface area contributed by atoms with Crippen LogP contribution in [0.2, 0.25) is 5.02 Å². The van der Waals surface area contributed by atoms with Crippen molar-refractivity contribution in [2.45, 2.75) is 49.5 Å². The second-order valence-corrected chi connectivity index (χ2v) is 11.1. The van der Waals surface area contributed by atoms with Gasteiger partial charge in [0.05, 0.1) is 22.5 Å². The third-order valence-corrected chi connectivity index (χ3v) is 8.67. The number of sulfonamides is 1. The summed E-state index contributed by atoms with van der Waals surface area (Å²) in [6, 6.07) is 8.34. The fraction of sp³-hybridized carbons (Fsp3) is 0.524. The van der Waals surface area contributed by atoms with E-state index in [9.17, 15) is 13.2 Å². The van der Waals surface area contributed by atoms with Crippen LogP contribution in [-0.4, -0.2) is 48.0 Å². The number of rotatable bonds is 4. The highest BCUT2D eigenvalue weighted by molar-refractivity contribution is 7.89. The van der Waals surface area contributed by atoms with Gasteiger partial charge in [0.15, 0.2) is 0 Å². The molecule has 0 radical (unpaired) electrons. The van der Waals surface area contributed by atoms with Crippen LogP contribution in [0.25, 0.3) is 0 Å². The number of anilines is 1. The van der Waals surface area contributed by atoms with Gasteiger partial charge in [0.25, 0.3) is 0 Å². The molecule has 2 aromatic rings. The Morgan fingerprint density at radius 1 is 1.20 bits per heavy atom. The topological polar surface area (TPSA) is 75.5 Å². The SMILES string of the molecule is Cc1cc2n(n1)C1(CCN(S(=O)(=O)c3cccc(Cl)c3)CC1)CC(=O)N2CC1CC1. The summed E-state index contributed by atoms with van der Waals surface area (Å²) < 4.78 is 29.7. The lowest BCUT2D eigenvalue weighted by Crippen LogP contribution is -2.55. The van der Waals surface area contributed by atoms with E-state index in [1.54, 1.807) is 18.2 Å². The van der Waals surface area contributed by atoms with Crippen LogP contribution < -0.4 is 4.90 Å². The van der Waals surface area contributed by atoms with Crippen LogP contribution in [0.3, 0.4) is 0 Å². The van der Waals surface area contributed by atoms with Crippen molar-refractivity contribution in [2.75, 3.05) is 24.5 Å². The number of amides is 1. The van der Waals surface area contributed by atoms with Gasteiger partial charge in [-0.05, 0) is 56.7 Å². The van der Waals surface area contributed by atoms with Gasteiger partial charge in [0, 0.05) is 30.7 Å². The molecular weight excluding hydrogens is 424 g/mol. The van der Waals surface area contributed by atoms with Gasteiger partial charge in [-0.1, -0.05) is 17.7 Å². The average Bonchev–Trinajstić information content (AvgIpc) is 3.44. The molecule has 3 aliphatic rings. The van der Waals surface area contributed by atoms with Gasteiger partial charge >= 0.3 is 0 Å². The Labute approximate surface area is 181 Å². The standard InChI is InChI=1S/C21H25ClN4O3S/c1-15-11-19-25(14-16-5-6-16)20(27)13-21(26(19)23-15)7-9-24(10-8-21)30(28,29)18-4-2-3-17(22)12-18/h2-4,11-12,16H,5-10,13-14H2,1H3. The normalized spacial score (nSPS) is 21.8. The van der Waals surface area contributed by atoms with E-state index in [2.05, 4.69) is 0 Å². The van der Waals surface area contributed by atoms with Crippen molar-refractivity contribution in [3.63, 3.8) is 0 Å². The Balaban J connectivity index is 1.41. The summed E-state index contributed by atoms with van der Waals surface area (Å²) in [6.07, 6.45) is 3.85. The molecule has 1 aromatic heterocycles. The fourth-order valence-corrected chi connectivity index (χ4v) is 6.41. The van der Waals surface area contributed by atoms with E-state index in [4.69, 9.17) is 16.7 Å². The molecule has 1 spiro atoms. The molecule has 160 valence electrons. The van der Waals surface area contributed by atoms with E-state index in [0.29, 0.717) is 43.3 Å². The Morgan fingerprint density at radius 3 is 2.60 bits per heavy atom. The zero-order valence-electron chi connectivity index (χ0n) is 16.9. The number of halogens is 1. The summed E-state index contributed by atoms with van der Waals surface area (Å²) in [5, 5.41) is 5.13. The summed E-state index contributed by atoms with van der Waals surface area (Å²) in [5.41, 5.74) is 0.426. The molecule has 7 nitrogen and oxygen atoms in total. The van der Waals surface area contributed by atoms with Gasteiger partial charge in [0.1, 0.15) is 5.82 Å². The predicted octanol–water partition coefficient (Wildman–Crippen LogP) is 3.17. The summed E-state index contributed by atoms with van der Waals surface area (Å²) >= 11 is 6.00. The lowest BCUT2D eigenvalue weighted by atomic mass is 9.83. The second kappa shape index (κ2) is 7.07. The van der Waals surface area contributed by atoms with Crippen molar-refractivity contribution in [1.29, 1.82) is 0 Å². The van der Waals surface area contributed by atoms with E-state index in [1.165, 1.54) is 23.2 Å². The third kappa shape index (κ3) is 3.35. The molecular formula is C21H25ClN4O3S. The first-order valence-corrected chi connectivity index (χ1v) is 12.2. The highest BCUT2D eigenvalue weighted by Gasteiger charge is 2.48. The number of hydrogen-bond donors (Lipinski definition) is 0. The Bertz CT molecular complexity index is 1100. The molecule has 2 fully saturated rings. The summed E-state index contributed by atoms with van der Waals surface area (Å²) in [7, 11) is -3.62. The Morgan fingerprint density at radius 2 is 1.93 bits per heavy atom. The maximum Gasteiger partial charge on any atom is 0.243 e. The van der Waals surface area contributed by atoms with Gasteiger partial charge in [-0.25, -0.2) is 13.1 Å². The highest BCUT2D eigenvalue weighted by atomic mass is 35.5. The predicted molar refractivity (Wildman–Crippen MR) is 114 cm³/mol. The first-order valence-electron chi connectivity index (χ1n) is 10.4. The zero-order chi connectivity index (χ0) is 21.1. The van der Waals surface area contributed by atoms with E-state index in [0.717, 1.165) is 18.1 Å². The van der Waals surface area contributed by atoms with Crippen molar-refractivity contribution < 1.29 is 13.2 Å². The summed E-state index contributed by atoms with van der Waals surface area (Å²) in [4.78, 5) is 15.2. The molecule has 1 aromatic carbocycles. The number of hydrogen-bond acceptors (Lipinski definition) is 4. The maximum atomic E-state index is 13.1. The molecule has 1 saturated heterocycles. The lowest BCUT2D eigenvalue weighted by molar-refractivity contribution is -0.122. The number of nitrogens with zero attached hydrogens (tertiary/aromatic N) is 4. The Hall–Kier alpha value is -1.90. The van der Waals surface area contributed by atoms with Crippen molar-refractivity contribution in [3.05, 3.63) is 41.0 Å². The molecule has 1 saturated carbocycles. The summed E-state index contributed by atoms with van der Waals surface area (Å²) in [5.74, 6) is 1.58. The summed E-state index contributed by atoms with van der Waals surface area (Å²) in [6.45, 7) is 3.40. The average molecular weight is 449 g/mol. The highest BCUT2D eigenvalue weighted by Crippen LogP contribution is 2.43. The minimum atomic E-state index is -3.62. The molecule has 9 heteroatoms. The van der Waals surface area contributed by atoms with Crippen molar-refractivity contribution in [1.82, 2.24) is 14.1 Å². The van der Waals surface area contributed by atoms with Gasteiger partial charge in [-0.2, -0.15) is 9.40 Å². The molecule has 0 atom stereocenters. The van der Waals surface area contributed by atoms with Crippen LogP contribution in [-0.2, 0) is 20.4 Å². The quantitative estimate of drug-likeness (QED) is 0.719. The molecule has 1 aliphatic carbocycles. The number of aromatic nitrogens is 2. The molecule has 0 unspecified atom stereocenters. The first kappa shape index (κ1) is 20.0. The van der Waals surface area contributed by atoms with Crippen molar-refractivity contribution in [2.24, 2.45) is 5.92 Å². The molecule has 3 heterocycles. The van der Waals surface area contributed by atoms with Crippen LogP contribution in [0.4, 0.5) is 5.82 Å². The van der Waals surface area contributed by atoms with Crippen LogP contribution in [0.5, 0.6) is 0 Å². The van der Waals surface area contributed by atoms with Gasteiger partial charge in [0.2, 0.25) is 15.9 Å². The van der Waals surface area contributed by atoms with Gasteiger partial charge in [-0.15, -0.1) is 0 Å². The fourth-order valence-electron chi connectivity index (χ4n) is 4.67. The monoisotopic (exact) mass is 448 g/mol. The number of aryl methyl sites for hydroxylation is 1. The zero-order valence-corrected chi connectivity index (χ0v) is 18.5. The molecule has 0 bridgehead atoms. The second-order valence-electron chi connectivity index (χ2n) is 8.77. The van der Waals surface area contributed by atoms with Gasteiger partial charge in [-0.3, -0.25) is 9.69 Å². The molecule has 1 amide bonds. The lowest BCUT2D eigenvalue weighted by Gasteiger charge is -2.46. The maximum absolute atomic E-state index is 13.1. The van der Waals surface area contributed by atoms with Crippen LogP contribution in [0, 0.1) is 12.8 Å². The molecule has 0 N–H and O–H groups in total. The first-order chi connectivity index (χ1) is 14.3.